The van der Waals surface area contributed by atoms with Crippen LogP contribution in [0, 0.1) is 0 Å². The standard InChI is InChI=1S/C37H41N7O5/c1-41(2)36(47)29-7-3-27(4-8-29)23-43-15-16-44-32(37(43)24-49-25-37)22-38-33(44)35(46)39-21-26-5-11-30(12-6-26)40-34(45)28-9-13-31(14-10-28)42-17-19-48-20-18-42/h3-14,22H,15-21,23-25H2,1-2H3,(H,39,46)(H,40,45). The molecule has 12 heteroatoms. The number of morpholine rings is 1. The Balaban J connectivity index is 0.941. The van der Waals surface area contributed by atoms with E-state index in [1.54, 1.807) is 25.2 Å². The van der Waals surface area contributed by atoms with Gasteiger partial charge < -0.3 is 34.5 Å². The van der Waals surface area contributed by atoms with E-state index in [2.05, 4.69) is 25.4 Å². The van der Waals surface area contributed by atoms with Crippen LogP contribution in [0.25, 0.3) is 0 Å². The minimum atomic E-state index is -0.354. The fourth-order valence-corrected chi connectivity index (χ4v) is 6.65. The van der Waals surface area contributed by atoms with Crippen molar-refractivity contribution in [2.75, 3.05) is 70.4 Å². The van der Waals surface area contributed by atoms with Crippen molar-refractivity contribution >= 4 is 29.1 Å². The molecule has 3 aliphatic heterocycles. The van der Waals surface area contributed by atoms with Gasteiger partial charge in [0.05, 0.1) is 38.3 Å². The molecule has 2 N–H and O–H groups in total. The van der Waals surface area contributed by atoms with Crippen LogP contribution in [-0.4, -0.2) is 97.2 Å². The number of fused-ring (bicyclic) bond motifs is 2. The van der Waals surface area contributed by atoms with E-state index in [-0.39, 0.29) is 23.3 Å². The molecule has 3 aliphatic rings. The molecule has 3 aromatic carbocycles. The Labute approximate surface area is 285 Å². The van der Waals surface area contributed by atoms with Gasteiger partial charge in [-0.3, -0.25) is 19.3 Å². The van der Waals surface area contributed by atoms with Gasteiger partial charge in [0.25, 0.3) is 17.7 Å². The molecule has 0 aliphatic carbocycles. The van der Waals surface area contributed by atoms with E-state index in [9.17, 15) is 14.4 Å². The van der Waals surface area contributed by atoms with Crippen LogP contribution >= 0.6 is 0 Å². The van der Waals surface area contributed by atoms with E-state index in [4.69, 9.17) is 9.47 Å². The van der Waals surface area contributed by atoms with Crippen LogP contribution in [0.4, 0.5) is 11.4 Å². The first kappa shape index (κ1) is 32.5. The lowest BCUT2D eigenvalue weighted by atomic mass is 9.88. The molecule has 1 aromatic heterocycles. The van der Waals surface area contributed by atoms with E-state index in [0.717, 1.165) is 42.1 Å². The van der Waals surface area contributed by atoms with E-state index < -0.39 is 0 Å². The number of carbonyl (C=O) groups excluding carboxylic acids is 3. The summed E-state index contributed by atoms with van der Waals surface area (Å²) >= 11 is 0. The molecule has 12 nitrogen and oxygen atoms in total. The number of rotatable bonds is 9. The van der Waals surface area contributed by atoms with Crippen LogP contribution in [0.3, 0.4) is 0 Å². The monoisotopic (exact) mass is 663 g/mol. The highest BCUT2D eigenvalue weighted by molar-refractivity contribution is 6.04. The molecule has 0 unspecified atom stereocenters. The molecular formula is C37H41N7O5. The largest absolute Gasteiger partial charge is 0.378 e. The Morgan fingerprint density at radius 3 is 2.12 bits per heavy atom. The number of hydrogen-bond acceptors (Lipinski definition) is 8. The van der Waals surface area contributed by atoms with Crippen molar-refractivity contribution in [3.63, 3.8) is 0 Å². The number of benzene rings is 3. The predicted octanol–water partition coefficient (Wildman–Crippen LogP) is 3.35. The van der Waals surface area contributed by atoms with Crippen molar-refractivity contribution in [2.45, 2.75) is 25.2 Å². The second kappa shape index (κ2) is 13.8. The Hall–Kier alpha value is -5.04. The molecule has 4 heterocycles. The fourth-order valence-electron chi connectivity index (χ4n) is 6.65. The van der Waals surface area contributed by atoms with Gasteiger partial charge in [-0.05, 0) is 59.7 Å². The lowest BCUT2D eigenvalue weighted by Gasteiger charge is -2.52. The third-order valence-electron chi connectivity index (χ3n) is 9.57. The summed E-state index contributed by atoms with van der Waals surface area (Å²) in [5.41, 5.74) is 5.64. The highest BCUT2D eigenvalue weighted by atomic mass is 16.5. The number of amides is 3. The Kier molecular flexibility index (Phi) is 9.17. The molecule has 254 valence electrons. The van der Waals surface area contributed by atoms with Crippen LogP contribution in [0.1, 0.15) is 48.2 Å². The third-order valence-corrected chi connectivity index (χ3v) is 9.57. The van der Waals surface area contributed by atoms with E-state index in [0.29, 0.717) is 68.7 Å². The Morgan fingerprint density at radius 2 is 1.47 bits per heavy atom. The number of aromatic nitrogens is 2. The lowest BCUT2D eigenvalue weighted by molar-refractivity contribution is -0.162. The first-order valence-electron chi connectivity index (χ1n) is 16.6. The number of anilines is 2. The van der Waals surface area contributed by atoms with E-state index in [1.165, 1.54) is 0 Å². The third kappa shape index (κ3) is 6.67. The second-order valence-corrected chi connectivity index (χ2v) is 12.9. The highest BCUT2D eigenvalue weighted by Gasteiger charge is 2.50. The molecule has 7 rings (SSSR count). The summed E-state index contributed by atoms with van der Waals surface area (Å²) in [6, 6.07) is 22.8. The maximum absolute atomic E-state index is 13.3. The fraction of sp³-hybridized carbons (Fsp3) is 0.351. The molecule has 4 aromatic rings. The van der Waals surface area contributed by atoms with Crippen molar-refractivity contribution in [3.05, 3.63) is 113 Å². The molecule has 2 saturated heterocycles. The SMILES string of the molecule is CN(C)C(=O)c1ccc(CN2CCn3c(cnc3C(=O)NCc3ccc(NC(=O)c4ccc(N5CCOCC5)cc4)cc3)C23COC3)cc1. The Bertz CT molecular complexity index is 1810. The lowest BCUT2D eigenvalue weighted by Crippen LogP contribution is -2.63. The number of nitrogens with one attached hydrogen (secondary N) is 2. The molecule has 0 saturated carbocycles. The van der Waals surface area contributed by atoms with Gasteiger partial charge >= 0.3 is 0 Å². The average molecular weight is 664 g/mol. The molecule has 0 radical (unpaired) electrons. The van der Waals surface area contributed by atoms with Gasteiger partial charge in [0.2, 0.25) is 0 Å². The van der Waals surface area contributed by atoms with Gasteiger partial charge in [0.1, 0.15) is 5.54 Å². The smallest absolute Gasteiger partial charge is 0.287 e. The zero-order chi connectivity index (χ0) is 34.0. The normalized spacial score (nSPS) is 16.8. The first-order chi connectivity index (χ1) is 23.8. The zero-order valence-electron chi connectivity index (χ0n) is 27.9. The van der Waals surface area contributed by atoms with Crippen molar-refractivity contribution in [1.29, 1.82) is 0 Å². The maximum atomic E-state index is 13.3. The summed E-state index contributed by atoms with van der Waals surface area (Å²) < 4.78 is 13.1. The minimum absolute atomic E-state index is 0.0222. The van der Waals surface area contributed by atoms with Gasteiger partial charge in [-0.25, -0.2) is 4.98 Å². The molecule has 2 fully saturated rings. The Morgan fingerprint density at radius 1 is 0.796 bits per heavy atom. The van der Waals surface area contributed by atoms with Gasteiger partial charge in [-0.2, -0.15) is 0 Å². The van der Waals surface area contributed by atoms with Crippen LogP contribution in [0.15, 0.2) is 79.0 Å². The highest BCUT2D eigenvalue weighted by Crippen LogP contribution is 2.40. The maximum Gasteiger partial charge on any atom is 0.287 e. The van der Waals surface area contributed by atoms with Crippen molar-refractivity contribution in [2.24, 2.45) is 0 Å². The summed E-state index contributed by atoms with van der Waals surface area (Å²) in [5, 5.41) is 5.96. The van der Waals surface area contributed by atoms with Gasteiger partial charge in [0, 0.05) is 75.9 Å². The van der Waals surface area contributed by atoms with Crippen molar-refractivity contribution < 1.29 is 23.9 Å². The summed E-state index contributed by atoms with van der Waals surface area (Å²) in [6.07, 6.45) is 1.80. The van der Waals surface area contributed by atoms with Crippen LogP contribution in [0.2, 0.25) is 0 Å². The molecular weight excluding hydrogens is 622 g/mol. The molecule has 0 atom stereocenters. The topological polar surface area (TPSA) is 121 Å². The number of nitrogens with zero attached hydrogens (tertiary/aromatic N) is 5. The summed E-state index contributed by atoms with van der Waals surface area (Å²) in [4.78, 5) is 49.3. The molecule has 49 heavy (non-hydrogen) atoms. The van der Waals surface area contributed by atoms with Crippen LogP contribution < -0.4 is 15.5 Å². The zero-order valence-corrected chi connectivity index (χ0v) is 27.9. The molecule has 3 amide bonds. The number of imidazole rings is 1. The van der Waals surface area contributed by atoms with Gasteiger partial charge in [-0.15, -0.1) is 0 Å². The predicted molar refractivity (Wildman–Crippen MR) is 185 cm³/mol. The number of hydrogen-bond donors (Lipinski definition) is 2. The number of carbonyl (C=O) groups is 3. The van der Waals surface area contributed by atoms with Crippen LogP contribution in [-0.2, 0) is 34.6 Å². The van der Waals surface area contributed by atoms with Gasteiger partial charge in [0.15, 0.2) is 5.82 Å². The average Bonchev–Trinajstić information content (AvgIpc) is 3.55. The number of ether oxygens (including phenoxy) is 2. The van der Waals surface area contributed by atoms with Gasteiger partial charge in [-0.1, -0.05) is 24.3 Å². The van der Waals surface area contributed by atoms with Crippen molar-refractivity contribution in [1.82, 2.24) is 24.7 Å². The summed E-state index contributed by atoms with van der Waals surface area (Å²) in [7, 11) is 3.49. The molecule has 0 bridgehead atoms. The quantitative estimate of drug-likeness (QED) is 0.280. The van der Waals surface area contributed by atoms with E-state index in [1.807, 2.05) is 77.4 Å². The van der Waals surface area contributed by atoms with Crippen LogP contribution in [0.5, 0.6) is 0 Å². The summed E-state index contributed by atoms with van der Waals surface area (Å²) in [6.45, 7) is 6.55. The molecule has 1 spiro atoms. The second-order valence-electron chi connectivity index (χ2n) is 12.9. The van der Waals surface area contributed by atoms with E-state index >= 15 is 0 Å². The summed E-state index contributed by atoms with van der Waals surface area (Å²) in [5.74, 6) is -0.0580. The minimum Gasteiger partial charge on any atom is -0.378 e. The first-order valence-corrected chi connectivity index (χ1v) is 16.6. The van der Waals surface area contributed by atoms with Crippen molar-refractivity contribution in [3.8, 4) is 0 Å².